The van der Waals surface area contributed by atoms with Crippen LogP contribution in [-0.4, -0.2) is 77.9 Å². The van der Waals surface area contributed by atoms with E-state index in [4.69, 9.17) is 20.2 Å². The molecule has 1 aromatic carbocycles. The molecule has 35 heavy (non-hydrogen) atoms. The number of nitrogens with zero attached hydrogens (tertiary/aromatic N) is 5. The van der Waals surface area contributed by atoms with Gasteiger partial charge < -0.3 is 24.7 Å². The molecule has 3 aromatic rings. The topological polar surface area (TPSA) is 98.7 Å². The third-order valence-corrected chi connectivity index (χ3v) is 7.00. The summed E-state index contributed by atoms with van der Waals surface area (Å²) in [7, 11) is 1.49. The molecular weight excluding hydrogens is 451 g/mol. The van der Waals surface area contributed by atoms with E-state index in [1.54, 1.807) is 6.20 Å². The number of aromatic nitrogens is 3. The Balaban J connectivity index is 1.59. The first-order valence-electron chi connectivity index (χ1n) is 12.1. The van der Waals surface area contributed by atoms with Gasteiger partial charge in [-0.2, -0.15) is 0 Å². The molecule has 4 heterocycles. The Morgan fingerprint density at radius 1 is 1.26 bits per heavy atom. The quantitative estimate of drug-likeness (QED) is 0.553. The summed E-state index contributed by atoms with van der Waals surface area (Å²) in [5.41, 5.74) is 6.51. The first-order chi connectivity index (χ1) is 17.0. The number of anilines is 1. The average molecular weight is 483 g/mol. The van der Waals surface area contributed by atoms with Gasteiger partial charge in [0.25, 0.3) is 5.91 Å². The summed E-state index contributed by atoms with van der Waals surface area (Å²) < 4.78 is 28.3. The maximum Gasteiger partial charge on any atom is 0.251 e. The molecule has 186 valence electrons. The standard InChI is InChI=1S/C25H31FN6O3/c1-16-4-3-7-31(16)20-6-5-17(15-28-20)25-29-22-21(26)18(24(27)33)14-19(34-2)23(22)32(25)9-8-30-10-12-35-13-11-30/h5-6,14-16H,3-4,7-13H2,1-2H3,(H2,27,33). The van der Waals surface area contributed by atoms with Crippen LogP contribution < -0.4 is 15.4 Å². The highest BCUT2D eigenvalue weighted by atomic mass is 19.1. The molecule has 0 saturated carbocycles. The normalized spacial score (nSPS) is 18.9. The van der Waals surface area contributed by atoms with Crippen molar-refractivity contribution in [3.05, 3.63) is 35.8 Å². The Hall–Kier alpha value is -3.24. The largest absolute Gasteiger partial charge is 0.494 e. The fourth-order valence-electron chi connectivity index (χ4n) is 5.05. The van der Waals surface area contributed by atoms with Crippen LogP contribution in [0.25, 0.3) is 22.4 Å². The number of hydrogen-bond acceptors (Lipinski definition) is 7. The molecule has 0 bridgehead atoms. The number of primary amides is 1. The number of rotatable bonds is 7. The van der Waals surface area contributed by atoms with Gasteiger partial charge in [-0.3, -0.25) is 9.69 Å². The average Bonchev–Trinajstić information content (AvgIpc) is 3.48. The van der Waals surface area contributed by atoms with E-state index in [1.165, 1.54) is 13.2 Å². The predicted molar refractivity (Wildman–Crippen MR) is 131 cm³/mol. The number of fused-ring (bicyclic) bond motifs is 1. The minimum Gasteiger partial charge on any atom is -0.494 e. The van der Waals surface area contributed by atoms with Crippen molar-refractivity contribution in [3.63, 3.8) is 0 Å². The second kappa shape index (κ2) is 9.79. The Morgan fingerprint density at radius 3 is 2.69 bits per heavy atom. The molecular formula is C25H31FN6O3. The van der Waals surface area contributed by atoms with Gasteiger partial charge in [-0.15, -0.1) is 0 Å². The lowest BCUT2D eigenvalue weighted by atomic mass is 10.1. The maximum absolute atomic E-state index is 15.4. The van der Waals surface area contributed by atoms with Crippen LogP contribution in [0.5, 0.6) is 5.75 Å². The molecule has 2 aliphatic heterocycles. The van der Waals surface area contributed by atoms with E-state index in [9.17, 15) is 4.79 Å². The van der Waals surface area contributed by atoms with E-state index in [-0.39, 0.29) is 11.1 Å². The summed E-state index contributed by atoms with van der Waals surface area (Å²) in [6.07, 6.45) is 4.09. The number of morpholine rings is 1. The van der Waals surface area contributed by atoms with Gasteiger partial charge in [0.1, 0.15) is 28.4 Å². The molecule has 2 fully saturated rings. The van der Waals surface area contributed by atoms with Crippen molar-refractivity contribution in [1.29, 1.82) is 0 Å². The molecule has 0 radical (unpaired) electrons. The third-order valence-electron chi connectivity index (χ3n) is 7.00. The smallest absolute Gasteiger partial charge is 0.251 e. The number of hydrogen-bond donors (Lipinski definition) is 1. The Labute approximate surface area is 203 Å². The van der Waals surface area contributed by atoms with E-state index < -0.39 is 11.7 Å². The molecule has 0 aliphatic carbocycles. The fourth-order valence-corrected chi connectivity index (χ4v) is 5.05. The van der Waals surface area contributed by atoms with Crippen LogP contribution in [0.4, 0.5) is 10.2 Å². The zero-order valence-electron chi connectivity index (χ0n) is 20.2. The lowest BCUT2D eigenvalue weighted by molar-refractivity contribution is 0.0365. The van der Waals surface area contributed by atoms with E-state index in [0.29, 0.717) is 42.9 Å². The number of methoxy groups -OCH3 is 1. The first-order valence-corrected chi connectivity index (χ1v) is 12.1. The zero-order valence-corrected chi connectivity index (χ0v) is 20.2. The molecule has 10 heteroatoms. The summed E-state index contributed by atoms with van der Waals surface area (Å²) in [5.74, 6) is 0.245. The number of carbonyl (C=O) groups excluding carboxylic acids is 1. The van der Waals surface area contributed by atoms with Crippen molar-refractivity contribution in [2.75, 3.05) is 51.4 Å². The van der Waals surface area contributed by atoms with Gasteiger partial charge in [0.2, 0.25) is 0 Å². The van der Waals surface area contributed by atoms with Crippen molar-refractivity contribution in [3.8, 4) is 17.1 Å². The van der Waals surface area contributed by atoms with E-state index in [1.807, 2.05) is 16.7 Å². The van der Waals surface area contributed by atoms with Gasteiger partial charge in [-0.1, -0.05) is 0 Å². The van der Waals surface area contributed by atoms with Crippen molar-refractivity contribution in [1.82, 2.24) is 19.4 Å². The maximum atomic E-state index is 15.4. The third kappa shape index (κ3) is 4.43. The minimum atomic E-state index is -0.863. The van der Waals surface area contributed by atoms with Crippen molar-refractivity contribution < 1.29 is 18.7 Å². The van der Waals surface area contributed by atoms with Crippen LogP contribution in [0.1, 0.15) is 30.1 Å². The van der Waals surface area contributed by atoms with Crippen LogP contribution in [0.3, 0.4) is 0 Å². The summed E-state index contributed by atoms with van der Waals surface area (Å²) in [4.78, 5) is 25.8. The number of carbonyl (C=O) groups is 1. The van der Waals surface area contributed by atoms with Gasteiger partial charge in [0.15, 0.2) is 5.82 Å². The van der Waals surface area contributed by atoms with Gasteiger partial charge in [0.05, 0.1) is 25.9 Å². The summed E-state index contributed by atoms with van der Waals surface area (Å²) in [6.45, 7) is 7.55. The molecule has 2 aliphatic rings. The highest BCUT2D eigenvalue weighted by Crippen LogP contribution is 2.35. The molecule has 1 amide bonds. The number of pyridine rings is 1. The molecule has 1 atom stereocenters. The van der Waals surface area contributed by atoms with Crippen LogP contribution in [-0.2, 0) is 11.3 Å². The number of nitrogens with two attached hydrogens (primary N) is 1. The fraction of sp³-hybridized carbons (Fsp3) is 0.480. The number of imidazole rings is 1. The van der Waals surface area contributed by atoms with Crippen LogP contribution in [0.2, 0.25) is 0 Å². The summed E-state index contributed by atoms with van der Waals surface area (Å²) >= 11 is 0. The summed E-state index contributed by atoms with van der Waals surface area (Å²) in [6, 6.07) is 5.77. The van der Waals surface area contributed by atoms with Crippen LogP contribution in [0.15, 0.2) is 24.4 Å². The van der Waals surface area contributed by atoms with Gasteiger partial charge >= 0.3 is 0 Å². The molecule has 2 aromatic heterocycles. The van der Waals surface area contributed by atoms with Crippen LogP contribution >= 0.6 is 0 Å². The predicted octanol–water partition coefficient (Wildman–Crippen LogP) is 2.67. The molecule has 2 saturated heterocycles. The van der Waals surface area contributed by atoms with E-state index in [0.717, 1.165) is 50.4 Å². The Kier molecular flexibility index (Phi) is 6.57. The highest BCUT2D eigenvalue weighted by molar-refractivity contribution is 5.99. The molecule has 1 unspecified atom stereocenters. The summed E-state index contributed by atoms with van der Waals surface area (Å²) in [5, 5.41) is 0. The second-order valence-electron chi connectivity index (χ2n) is 9.13. The molecule has 2 N–H and O–H groups in total. The second-order valence-corrected chi connectivity index (χ2v) is 9.13. The van der Waals surface area contributed by atoms with Crippen molar-refractivity contribution >= 4 is 22.8 Å². The SMILES string of the molecule is COc1cc(C(N)=O)c(F)c2nc(-c3ccc(N4CCCC4C)nc3)n(CCN3CCOCC3)c12. The zero-order chi connectivity index (χ0) is 24.5. The van der Waals surface area contributed by atoms with Gasteiger partial charge in [-0.25, -0.2) is 14.4 Å². The van der Waals surface area contributed by atoms with E-state index >= 15 is 4.39 Å². The molecule has 9 nitrogen and oxygen atoms in total. The lowest BCUT2D eigenvalue weighted by Gasteiger charge is -2.27. The van der Waals surface area contributed by atoms with Crippen molar-refractivity contribution in [2.24, 2.45) is 5.73 Å². The molecule has 0 spiro atoms. The number of halogens is 1. The monoisotopic (exact) mass is 482 g/mol. The van der Waals surface area contributed by atoms with Gasteiger partial charge in [0, 0.05) is 50.5 Å². The minimum absolute atomic E-state index is 0.0624. The van der Waals surface area contributed by atoms with Gasteiger partial charge in [-0.05, 0) is 38.0 Å². The Bertz CT molecular complexity index is 1220. The van der Waals surface area contributed by atoms with E-state index in [2.05, 4.69) is 21.7 Å². The number of benzene rings is 1. The lowest BCUT2D eigenvalue weighted by Crippen LogP contribution is -2.38. The molecule has 5 rings (SSSR count). The van der Waals surface area contributed by atoms with Crippen molar-refractivity contribution in [2.45, 2.75) is 32.4 Å². The Morgan fingerprint density at radius 2 is 2.06 bits per heavy atom. The first kappa shape index (κ1) is 23.5. The number of ether oxygens (including phenoxy) is 2. The van der Waals surface area contributed by atoms with Crippen LogP contribution in [0, 0.1) is 5.82 Å². The highest BCUT2D eigenvalue weighted by Gasteiger charge is 2.26. The number of amides is 1.